The Morgan fingerprint density at radius 1 is 0.968 bits per heavy atom. The largest absolute Gasteiger partial charge is 0.462 e. The normalized spacial score (nSPS) is 41.7. The average Bonchev–Trinajstić information content (AvgIpc) is 2.97. The van der Waals surface area contributed by atoms with E-state index < -0.39 is 5.92 Å². The molecule has 0 radical (unpaired) electrons. The van der Waals surface area contributed by atoms with E-state index in [1.807, 2.05) is 0 Å². The van der Waals surface area contributed by atoms with Gasteiger partial charge in [-0.15, -0.1) is 0 Å². The van der Waals surface area contributed by atoms with E-state index in [1.54, 1.807) is 0 Å². The predicted octanol–water partition coefficient (Wildman–Crippen LogP) is 4.47. The predicted molar refractivity (Wildman–Crippen MR) is 116 cm³/mol. The molecule has 0 saturated heterocycles. The van der Waals surface area contributed by atoms with Gasteiger partial charge in [0.2, 0.25) is 0 Å². The molecule has 4 aliphatic carbocycles. The van der Waals surface area contributed by atoms with Gasteiger partial charge in [-0.05, 0) is 75.0 Å². The van der Waals surface area contributed by atoms with Crippen LogP contribution in [0.25, 0.3) is 0 Å². The van der Waals surface area contributed by atoms with Gasteiger partial charge in [0.15, 0.2) is 0 Å². The molecule has 0 bridgehead atoms. The van der Waals surface area contributed by atoms with E-state index in [2.05, 4.69) is 19.9 Å². The molecule has 7 atom stereocenters. The molecule has 170 valence electrons. The Morgan fingerprint density at radius 3 is 2.19 bits per heavy atom. The summed E-state index contributed by atoms with van der Waals surface area (Å²) in [6, 6.07) is 0. The fourth-order valence-electron chi connectivity index (χ4n) is 7.96. The highest BCUT2D eigenvalue weighted by Gasteiger charge is 2.62. The molecule has 0 spiro atoms. The lowest BCUT2D eigenvalue weighted by molar-refractivity contribution is -0.149. The van der Waals surface area contributed by atoms with Gasteiger partial charge in [0, 0.05) is 25.2 Å². The number of esters is 1. The van der Waals surface area contributed by atoms with Crippen molar-refractivity contribution in [1.29, 1.82) is 0 Å². The Labute approximate surface area is 185 Å². The van der Waals surface area contributed by atoms with Crippen molar-refractivity contribution < 1.29 is 23.9 Å². The lowest BCUT2D eigenvalue weighted by Gasteiger charge is -2.59. The number of fused-ring (bicyclic) bond motifs is 5. The fraction of sp³-hybridized carbons (Fsp3) is 0.769. The Hall–Kier alpha value is -1.78. The van der Waals surface area contributed by atoms with Gasteiger partial charge in [-0.2, -0.15) is 0 Å². The highest BCUT2D eigenvalue weighted by atomic mass is 16.5. The summed E-state index contributed by atoms with van der Waals surface area (Å²) in [6.45, 7) is 8.95. The SMILES string of the molecule is CC(=O)OC1CCC2(C)C(=CC(C(C(C)=O)C(C)=O)C3C4CCC(=O)C4(C)CCC32)C1. The van der Waals surface area contributed by atoms with Crippen LogP contribution >= 0.6 is 0 Å². The zero-order valence-electron chi connectivity index (χ0n) is 19.5. The first kappa shape index (κ1) is 22.4. The summed E-state index contributed by atoms with van der Waals surface area (Å²) in [4.78, 5) is 49.7. The summed E-state index contributed by atoms with van der Waals surface area (Å²) in [6.07, 6.45) is 7.86. The van der Waals surface area contributed by atoms with Crippen LogP contribution in [0, 0.1) is 40.4 Å². The average molecular weight is 429 g/mol. The molecule has 7 unspecified atom stereocenters. The summed E-state index contributed by atoms with van der Waals surface area (Å²) in [5, 5.41) is 0. The lowest BCUT2D eigenvalue weighted by Crippen LogP contribution is -2.55. The van der Waals surface area contributed by atoms with E-state index in [-0.39, 0.29) is 52.2 Å². The van der Waals surface area contributed by atoms with Crippen LogP contribution in [0.2, 0.25) is 0 Å². The van der Waals surface area contributed by atoms with Gasteiger partial charge in [-0.1, -0.05) is 25.5 Å². The smallest absolute Gasteiger partial charge is 0.302 e. The first-order valence-corrected chi connectivity index (χ1v) is 11.9. The number of ether oxygens (including phenoxy) is 1. The number of carbonyl (C=O) groups is 4. The minimum atomic E-state index is -0.656. The van der Waals surface area contributed by atoms with Crippen molar-refractivity contribution in [1.82, 2.24) is 0 Å². The third-order valence-electron chi connectivity index (χ3n) is 9.46. The second-order valence-corrected chi connectivity index (χ2v) is 11.1. The van der Waals surface area contributed by atoms with Crippen molar-refractivity contribution in [2.24, 2.45) is 40.4 Å². The lowest BCUT2D eigenvalue weighted by atomic mass is 9.44. The summed E-state index contributed by atoms with van der Waals surface area (Å²) >= 11 is 0. The van der Waals surface area contributed by atoms with Crippen LogP contribution in [0.5, 0.6) is 0 Å². The van der Waals surface area contributed by atoms with Crippen LogP contribution in [0.4, 0.5) is 0 Å². The Balaban J connectivity index is 1.81. The van der Waals surface area contributed by atoms with Gasteiger partial charge < -0.3 is 4.74 Å². The van der Waals surface area contributed by atoms with Gasteiger partial charge in [-0.3, -0.25) is 19.2 Å². The molecular formula is C26H36O5. The van der Waals surface area contributed by atoms with Crippen molar-refractivity contribution in [3.8, 4) is 0 Å². The Bertz CT molecular complexity index is 842. The maximum absolute atomic E-state index is 12.9. The molecule has 4 rings (SSSR count). The van der Waals surface area contributed by atoms with E-state index in [0.717, 1.165) is 32.1 Å². The number of hydrogen-bond donors (Lipinski definition) is 0. The minimum absolute atomic E-state index is 0.0249. The number of rotatable bonds is 4. The molecule has 0 aromatic carbocycles. The van der Waals surface area contributed by atoms with Crippen LogP contribution in [-0.2, 0) is 23.9 Å². The van der Waals surface area contributed by atoms with Gasteiger partial charge in [0.1, 0.15) is 23.5 Å². The Kier molecular flexibility index (Phi) is 5.54. The number of Topliss-reactive ketones (excluding diaryl/α,β-unsaturated/α-hetero) is 3. The van der Waals surface area contributed by atoms with Gasteiger partial charge in [0.25, 0.3) is 0 Å². The van der Waals surface area contributed by atoms with E-state index >= 15 is 0 Å². The van der Waals surface area contributed by atoms with E-state index in [4.69, 9.17) is 4.74 Å². The number of carbonyl (C=O) groups excluding carboxylic acids is 4. The molecular weight excluding hydrogens is 392 g/mol. The molecule has 5 heteroatoms. The third kappa shape index (κ3) is 3.43. The van der Waals surface area contributed by atoms with Crippen molar-refractivity contribution >= 4 is 23.3 Å². The van der Waals surface area contributed by atoms with Crippen LogP contribution in [-0.4, -0.2) is 29.4 Å². The van der Waals surface area contributed by atoms with Crippen LogP contribution in [0.1, 0.15) is 79.6 Å². The molecule has 3 fully saturated rings. The maximum atomic E-state index is 12.9. The summed E-state index contributed by atoms with van der Waals surface area (Å²) in [7, 11) is 0. The van der Waals surface area contributed by atoms with Gasteiger partial charge in [0.05, 0.1) is 5.92 Å². The molecule has 0 amide bonds. The van der Waals surface area contributed by atoms with Crippen molar-refractivity contribution in [2.45, 2.75) is 85.7 Å². The number of allylic oxidation sites excluding steroid dienone is 1. The quantitative estimate of drug-likeness (QED) is 0.375. The van der Waals surface area contributed by atoms with E-state index in [0.29, 0.717) is 24.5 Å². The van der Waals surface area contributed by atoms with Crippen LogP contribution in [0.15, 0.2) is 11.6 Å². The third-order valence-corrected chi connectivity index (χ3v) is 9.46. The molecule has 0 heterocycles. The standard InChI is InChI=1S/C26H36O5/c1-14(27)23(15(2)28)19-13-17-12-18(31-16(3)29)8-10-25(17,4)21-9-11-26(5)20(24(19)21)6-7-22(26)30/h13,18-21,23-24H,6-12H2,1-5H3. The van der Waals surface area contributed by atoms with Gasteiger partial charge in [-0.25, -0.2) is 0 Å². The first-order chi connectivity index (χ1) is 14.5. The minimum Gasteiger partial charge on any atom is -0.462 e. The zero-order valence-corrected chi connectivity index (χ0v) is 19.5. The number of ketones is 3. The first-order valence-electron chi connectivity index (χ1n) is 11.9. The maximum Gasteiger partial charge on any atom is 0.302 e. The highest BCUT2D eigenvalue weighted by Crippen LogP contribution is 2.66. The molecule has 4 aliphatic rings. The van der Waals surface area contributed by atoms with E-state index in [1.165, 1.54) is 26.3 Å². The molecule has 31 heavy (non-hydrogen) atoms. The number of hydrogen-bond acceptors (Lipinski definition) is 5. The topological polar surface area (TPSA) is 77.5 Å². The van der Waals surface area contributed by atoms with Gasteiger partial charge >= 0.3 is 5.97 Å². The van der Waals surface area contributed by atoms with Crippen LogP contribution < -0.4 is 0 Å². The molecule has 0 aromatic heterocycles. The van der Waals surface area contributed by atoms with E-state index in [9.17, 15) is 19.2 Å². The highest BCUT2D eigenvalue weighted by molar-refractivity contribution is 6.01. The molecule has 0 aliphatic heterocycles. The van der Waals surface area contributed by atoms with Crippen molar-refractivity contribution in [2.75, 3.05) is 0 Å². The Morgan fingerprint density at radius 2 is 1.58 bits per heavy atom. The second-order valence-electron chi connectivity index (χ2n) is 11.1. The van der Waals surface area contributed by atoms with Crippen molar-refractivity contribution in [3.63, 3.8) is 0 Å². The van der Waals surface area contributed by atoms with Crippen molar-refractivity contribution in [3.05, 3.63) is 11.6 Å². The fourth-order valence-corrected chi connectivity index (χ4v) is 7.96. The molecule has 3 saturated carbocycles. The summed E-state index contributed by atoms with van der Waals surface area (Å²) in [5.74, 6) is -0.153. The summed E-state index contributed by atoms with van der Waals surface area (Å²) < 4.78 is 5.55. The molecule has 0 aromatic rings. The molecule has 5 nitrogen and oxygen atoms in total. The second kappa shape index (κ2) is 7.67. The van der Waals surface area contributed by atoms with Crippen LogP contribution in [0.3, 0.4) is 0 Å². The molecule has 0 N–H and O–H groups in total. The monoisotopic (exact) mass is 428 g/mol. The summed E-state index contributed by atoms with van der Waals surface area (Å²) in [5.41, 5.74) is 0.897. The zero-order chi connectivity index (χ0) is 22.7.